The van der Waals surface area contributed by atoms with Crippen molar-refractivity contribution in [1.29, 1.82) is 0 Å². The van der Waals surface area contributed by atoms with Gasteiger partial charge in [0.25, 0.3) is 0 Å². The largest absolute Gasteiger partial charge is 0.462 e. The molecule has 0 atom stereocenters. The van der Waals surface area contributed by atoms with Crippen LogP contribution in [0.1, 0.15) is 28.4 Å². The highest BCUT2D eigenvalue weighted by Gasteiger charge is 2.17. The third kappa shape index (κ3) is 1.92. The fourth-order valence-electron chi connectivity index (χ4n) is 1.23. The van der Waals surface area contributed by atoms with Gasteiger partial charge in [0.05, 0.1) is 12.2 Å². The maximum Gasteiger partial charge on any atom is 0.341 e. The van der Waals surface area contributed by atoms with E-state index in [1.165, 1.54) is 0 Å². The first-order chi connectivity index (χ1) is 6.57. The molecule has 1 aromatic carbocycles. The van der Waals surface area contributed by atoms with E-state index in [4.69, 9.17) is 4.74 Å². The Morgan fingerprint density at radius 2 is 1.93 bits per heavy atom. The molecule has 1 aromatic rings. The van der Waals surface area contributed by atoms with Crippen LogP contribution >= 0.6 is 0 Å². The quantitative estimate of drug-likeness (QED) is 0.679. The highest BCUT2D eigenvalue weighted by Crippen LogP contribution is 2.17. The van der Waals surface area contributed by atoms with E-state index in [0.29, 0.717) is 11.1 Å². The van der Waals surface area contributed by atoms with Crippen molar-refractivity contribution in [1.82, 2.24) is 0 Å². The van der Waals surface area contributed by atoms with Crippen molar-refractivity contribution < 1.29 is 13.9 Å². The first-order valence-corrected chi connectivity index (χ1v) is 4.50. The van der Waals surface area contributed by atoms with Crippen LogP contribution < -0.4 is 0 Å². The number of carbonyl (C=O) groups is 1. The van der Waals surface area contributed by atoms with E-state index in [1.54, 1.807) is 32.9 Å². The normalized spacial score (nSPS) is 10.0. The van der Waals surface area contributed by atoms with Crippen LogP contribution in [0.5, 0.6) is 0 Å². The molecule has 0 heterocycles. The summed E-state index contributed by atoms with van der Waals surface area (Å²) in [7, 11) is 0. The summed E-state index contributed by atoms with van der Waals surface area (Å²) in [6.07, 6.45) is 0. The number of ether oxygens (including phenoxy) is 1. The summed E-state index contributed by atoms with van der Waals surface area (Å²) >= 11 is 0. The maximum absolute atomic E-state index is 13.5. The van der Waals surface area contributed by atoms with Crippen LogP contribution in [0.3, 0.4) is 0 Å². The monoisotopic (exact) mass is 196 g/mol. The fraction of sp³-hybridized carbons (Fsp3) is 0.364. The van der Waals surface area contributed by atoms with Crippen molar-refractivity contribution in [2.45, 2.75) is 20.8 Å². The van der Waals surface area contributed by atoms with Gasteiger partial charge in [-0.1, -0.05) is 12.1 Å². The summed E-state index contributed by atoms with van der Waals surface area (Å²) in [5, 5.41) is 0. The van der Waals surface area contributed by atoms with Crippen LogP contribution in [0.4, 0.5) is 4.39 Å². The van der Waals surface area contributed by atoms with E-state index in [2.05, 4.69) is 0 Å². The Morgan fingerprint density at radius 1 is 1.36 bits per heavy atom. The van der Waals surface area contributed by atoms with Gasteiger partial charge in [0, 0.05) is 0 Å². The molecule has 0 spiro atoms. The second-order valence-electron chi connectivity index (χ2n) is 3.11. The predicted octanol–water partition coefficient (Wildman–Crippen LogP) is 2.62. The molecule has 0 unspecified atom stereocenters. The van der Waals surface area contributed by atoms with Crippen molar-refractivity contribution >= 4 is 5.97 Å². The highest BCUT2D eigenvalue weighted by atomic mass is 19.1. The summed E-state index contributed by atoms with van der Waals surface area (Å²) < 4.78 is 18.3. The average molecular weight is 196 g/mol. The highest BCUT2D eigenvalue weighted by molar-refractivity contribution is 5.91. The Morgan fingerprint density at radius 3 is 2.50 bits per heavy atom. The smallest absolute Gasteiger partial charge is 0.341 e. The lowest BCUT2D eigenvalue weighted by atomic mass is 10.0. The van der Waals surface area contributed by atoms with Gasteiger partial charge in [0.1, 0.15) is 5.82 Å². The molecule has 0 amide bonds. The lowest BCUT2D eigenvalue weighted by Crippen LogP contribution is -2.10. The Hall–Kier alpha value is -1.38. The molecular formula is C11H13FO2. The Kier molecular flexibility index (Phi) is 3.23. The van der Waals surface area contributed by atoms with Crippen molar-refractivity contribution in [2.24, 2.45) is 0 Å². The summed E-state index contributed by atoms with van der Waals surface area (Å²) in [5.74, 6) is -1.07. The summed E-state index contributed by atoms with van der Waals surface area (Å²) in [4.78, 5) is 11.4. The van der Waals surface area contributed by atoms with Crippen molar-refractivity contribution in [3.05, 3.63) is 34.6 Å². The number of aryl methyl sites for hydroxylation is 2. The maximum atomic E-state index is 13.5. The minimum Gasteiger partial charge on any atom is -0.462 e. The molecule has 0 saturated carbocycles. The zero-order valence-electron chi connectivity index (χ0n) is 8.56. The number of rotatable bonds is 2. The number of carbonyl (C=O) groups excluding carboxylic acids is 1. The van der Waals surface area contributed by atoms with E-state index in [0.717, 1.165) is 0 Å². The van der Waals surface area contributed by atoms with Crippen LogP contribution in [0.25, 0.3) is 0 Å². The molecule has 0 aromatic heterocycles. The van der Waals surface area contributed by atoms with Gasteiger partial charge in [-0.15, -0.1) is 0 Å². The van der Waals surface area contributed by atoms with Gasteiger partial charge in [-0.25, -0.2) is 9.18 Å². The second-order valence-corrected chi connectivity index (χ2v) is 3.11. The molecule has 0 aliphatic heterocycles. The zero-order chi connectivity index (χ0) is 10.7. The SMILES string of the molecule is CCOC(=O)c1c(C)ccc(C)c1F. The van der Waals surface area contributed by atoms with Crippen molar-refractivity contribution in [3.8, 4) is 0 Å². The van der Waals surface area contributed by atoms with E-state index >= 15 is 0 Å². The van der Waals surface area contributed by atoms with Gasteiger partial charge >= 0.3 is 5.97 Å². The van der Waals surface area contributed by atoms with Gasteiger partial charge in [-0.2, -0.15) is 0 Å². The predicted molar refractivity (Wildman–Crippen MR) is 51.8 cm³/mol. The third-order valence-electron chi connectivity index (χ3n) is 2.02. The molecule has 0 bridgehead atoms. The summed E-state index contributed by atoms with van der Waals surface area (Å²) in [6, 6.07) is 3.36. The topological polar surface area (TPSA) is 26.3 Å². The molecule has 3 heteroatoms. The molecule has 0 aliphatic rings. The number of esters is 1. The van der Waals surface area contributed by atoms with Gasteiger partial charge < -0.3 is 4.74 Å². The average Bonchev–Trinajstić information content (AvgIpc) is 2.13. The Bertz CT molecular complexity index is 359. The van der Waals surface area contributed by atoms with Crippen LogP contribution in [0.15, 0.2) is 12.1 Å². The van der Waals surface area contributed by atoms with Gasteiger partial charge in [0.2, 0.25) is 0 Å². The number of hydrogen-bond acceptors (Lipinski definition) is 2. The fourth-order valence-corrected chi connectivity index (χ4v) is 1.23. The molecule has 0 N–H and O–H groups in total. The molecule has 0 aliphatic carbocycles. The van der Waals surface area contributed by atoms with Crippen LogP contribution in [0.2, 0.25) is 0 Å². The van der Waals surface area contributed by atoms with E-state index in [9.17, 15) is 9.18 Å². The standard InChI is InChI=1S/C11H13FO2/c1-4-14-11(13)9-7(2)5-6-8(3)10(9)12/h5-6H,4H2,1-3H3. The van der Waals surface area contributed by atoms with Crippen LogP contribution in [-0.2, 0) is 4.74 Å². The number of benzene rings is 1. The summed E-state index contributed by atoms with van der Waals surface area (Å²) in [5.41, 5.74) is 1.11. The van der Waals surface area contributed by atoms with E-state index < -0.39 is 11.8 Å². The van der Waals surface area contributed by atoms with Crippen LogP contribution in [-0.4, -0.2) is 12.6 Å². The minimum atomic E-state index is -0.591. The van der Waals surface area contributed by atoms with E-state index in [1.807, 2.05) is 0 Å². The minimum absolute atomic E-state index is 0.0480. The van der Waals surface area contributed by atoms with Gasteiger partial charge in [-0.05, 0) is 31.9 Å². The lowest BCUT2D eigenvalue weighted by Gasteiger charge is -2.07. The number of halogens is 1. The Labute approximate surface area is 82.7 Å². The van der Waals surface area contributed by atoms with E-state index in [-0.39, 0.29) is 12.2 Å². The van der Waals surface area contributed by atoms with Crippen molar-refractivity contribution in [2.75, 3.05) is 6.61 Å². The van der Waals surface area contributed by atoms with Crippen molar-refractivity contribution in [3.63, 3.8) is 0 Å². The molecule has 1 rings (SSSR count). The molecule has 0 saturated heterocycles. The molecular weight excluding hydrogens is 183 g/mol. The first kappa shape index (κ1) is 10.7. The van der Waals surface area contributed by atoms with Crippen LogP contribution in [0, 0.1) is 19.7 Å². The first-order valence-electron chi connectivity index (χ1n) is 4.50. The molecule has 0 radical (unpaired) electrons. The molecule has 2 nitrogen and oxygen atoms in total. The zero-order valence-corrected chi connectivity index (χ0v) is 8.56. The molecule has 76 valence electrons. The second kappa shape index (κ2) is 4.22. The lowest BCUT2D eigenvalue weighted by molar-refractivity contribution is 0.0520. The van der Waals surface area contributed by atoms with Gasteiger partial charge in [0.15, 0.2) is 0 Å². The summed E-state index contributed by atoms with van der Waals surface area (Å²) in [6.45, 7) is 5.26. The number of hydrogen-bond donors (Lipinski definition) is 0. The Balaban J connectivity index is 3.18. The molecule has 0 fully saturated rings. The van der Waals surface area contributed by atoms with Gasteiger partial charge in [-0.3, -0.25) is 0 Å². The third-order valence-corrected chi connectivity index (χ3v) is 2.02. The molecule has 14 heavy (non-hydrogen) atoms.